The number of aromatic nitrogens is 1. The number of fused-ring (bicyclic) bond motifs is 2. The van der Waals surface area contributed by atoms with Crippen molar-refractivity contribution in [3.8, 4) is 0 Å². The van der Waals surface area contributed by atoms with Crippen LogP contribution in [0.3, 0.4) is 0 Å². The van der Waals surface area contributed by atoms with Crippen molar-refractivity contribution in [1.29, 1.82) is 0 Å². The molecule has 1 aromatic heterocycles. The zero-order chi connectivity index (χ0) is 15.6. The van der Waals surface area contributed by atoms with Gasteiger partial charge >= 0.3 is 0 Å². The fourth-order valence-electron chi connectivity index (χ4n) is 3.95. The number of hydrogen-bond acceptors (Lipinski definition) is 2. The Morgan fingerprint density at radius 1 is 0.864 bits per heavy atom. The Kier molecular flexibility index (Phi) is 4.87. The zero-order valence-electron chi connectivity index (χ0n) is 14.6. The van der Waals surface area contributed by atoms with Gasteiger partial charge in [-0.2, -0.15) is 0 Å². The van der Waals surface area contributed by atoms with E-state index in [1.54, 1.807) is 16.7 Å². The van der Waals surface area contributed by atoms with Crippen LogP contribution in [0.4, 0.5) is 0 Å². The topological polar surface area (TPSA) is 22.1 Å². The molecule has 0 bridgehead atoms. The van der Waals surface area contributed by atoms with E-state index >= 15 is 0 Å². The van der Waals surface area contributed by atoms with Crippen molar-refractivity contribution in [3.05, 3.63) is 28.1 Å². The lowest BCUT2D eigenvalue weighted by Gasteiger charge is -2.27. The second-order valence-electron chi connectivity index (χ2n) is 7.92. The highest BCUT2D eigenvalue weighted by atomic mass is 16.5. The molecular weight excluding hydrogens is 270 g/mol. The third-order valence-electron chi connectivity index (χ3n) is 4.98. The van der Waals surface area contributed by atoms with E-state index in [0.29, 0.717) is 0 Å². The number of aryl methyl sites for hydroxylation is 2. The lowest BCUT2D eigenvalue weighted by atomic mass is 9.83. The fraction of sp³-hybridized carbons (Fsp3) is 0.750. The molecule has 2 aliphatic carbocycles. The normalized spacial score (nSPS) is 18.0. The van der Waals surface area contributed by atoms with Crippen LogP contribution in [0.2, 0.25) is 0 Å². The maximum absolute atomic E-state index is 5.92. The fourth-order valence-corrected chi connectivity index (χ4v) is 3.95. The molecule has 2 nitrogen and oxygen atoms in total. The van der Waals surface area contributed by atoms with Gasteiger partial charge in [0.2, 0.25) is 0 Å². The van der Waals surface area contributed by atoms with Crippen molar-refractivity contribution >= 4 is 0 Å². The van der Waals surface area contributed by atoms with E-state index in [9.17, 15) is 0 Å². The van der Waals surface area contributed by atoms with Gasteiger partial charge in [0.1, 0.15) is 0 Å². The molecule has 0 saturated heterocycles. The summed E-state index contributed by atoms with van der Waals surface area (Å²) in [6.45, 7) is 7.30. The summed E-state index contributed by atoms with van der Waals surface area (Å²) in [7, 11) is 0. The van der Waals surface area contributed by atoms with Gasteiger partial charge in [-0.3, -0.25) is 4.98 Å². The first-order valence-electron chi connectivity index (χ1n) is 9.21. The van der Waals surface area contributed by atoms with E-state index in [-0.39, 0.29) is 5.60 Å². The quantitative estimate of drug-likeness (QED) is 0.759. The highest BCUT2D eigenvalue weighted by Crippen LogP contribution is 2.32. The van der Waals surface area contributed by atoms with Gasteiger partial charge in [-0.1, -0.05) is 0 Å². The molecule has 1 aromatic rings. The number of hydrogen-bond donors (Lipinski definition) is 0. The number of ether oxygens (including phenoxy) is 1. The van der Waals surface area contributed by atoms with Crippen LogP contribution in [0.1, 0.15) is 81.0 Å². The molecule has 0 aliphatic heterocycles. The van der Waals surface area contributed by atoms with E-state index in [1.165, 1.54) is 69.2 Å². The van der Waals surface area contributed by atoms with Crippen molar-refractivity contribution in [2.24, 2.45) is 0 Å². The van der Waals surface area contributed by atoms with Crippen molar-refractivity contribution in [1.82, 2.24) is 4.98 Å². The molecule has 122 valence electrons. The van der Waals surface area contributed by atoms with E-state index in [1.807, 2.05) is 0 Å². The molecule has 0 N–H and O–H groups in total. The molecule has 3 rings (SSSR count). The minimum Gasteiger partial charge on any atom is -0.376 e. The van der Waals surface area contributed by atoms with Crippen molar-refractivity contribution in [2.75, 3.05) is 6.61 Å². The van der Waals surface area contributed by atoms with E-state index in [4.69, 9.17) is 9.72 Å². The average Bonchev–Trinajstić information content (AvgIpc) is 2.49. The van der Waals surface area contributed by atoms with Gasteiger partial charge in [-0.05, 0) is 102 Å². The van der Waals surface area contributed by atoms with Gasteiger partial charge < -0.3 is 4.74 Å². The Labute approximate surface area is 135 Å². The smallest absolute Gasteiger partial charge is 0.0598 e. The monoisotopic (exact) mass is 301 g/mol. The molecule has 0 spiro atoms. The van der Waals surface area contributed by atoms with Gasteiger partial charge in [0, 0.05) is 18.0 Å². The van der Waals surface area contributed by atoms with Gasteiger partial charge in [0.05, 0.1) is 5.60 Å². The molecule has 2 aliphatic rings. The molecule has 0 unspecified atom stereocenters. The van der Waals surface area contributed by atoms with Gasteiger partial charge in [-0.15, -0.1) is 0 Å². The third-order valence-corrected chi connectivity index (χ3v) is 4.98. The van der Waals surface area contributed by atoms with E-state index in [2.05, 4.69) is 20.8 Å². The summed E-state index contributed by atoms with van der Waals surface area (Å²) in [5.74, 6) is 0. The van der Waals surface area contributed by atoms with Crippen LogP contribution in [-0.2, 0) is 36.8 Å². The number of pyridine rings is 1. The van der Waals surface area contributed by atoms with Crippen molar-refractivity contribution in [2.45, 2.75) is 90.6 Å². The third kappa shape index (κ3) is 3.71. The Hall–Kier alpha value is -0.890. The molecule has 0 fully saturated rings. The lowest BCUT2D eigenvalue weighted by molar-refractivity contribution is -0.00388. The number of rotatable bonds is 4. The molecular formula is C20H31NO. The molecule has 0 saturated carbocycles. The largest absolute Gasteiger partial charge is 0.376 e. The number of nitrogens with zero attached hydrogens (tertiary/aromatic N) is 1. The summed E-state index contributed by atoms with van der Waals surface area (Å²) < 4.78 is 5.92. The highest BCUT2D eigenvalue weighted by molar-refractivity contribution is 5.43. The van der Waals surface area contributed by atoms with Crippen LogP contribution in [0.25, 0.3) is 0 Å². The van der Waals surface area contributed by atoms with Crippen LogP contribution in [0, 0.1) is 0 Å². The molecule has 2 heteroatoms. The maximum Gasteiger partial charge on any atom is 0.0598 e. The molecule has 0 amide bonds. The van der Waals surface area contributed by atoms with E-state index in [0.717, 1.165) is 13.0 Å². The SMILES string of the molecule is CC(C)(C)OCCCc1c2c(nc3c1CCCC3)CCCC2. The molecule has 1 heterocycles. The van der Waals surface area contributed by atoms with Crippen LogP contribution in [-0.4, -0.2) is 17.2 Å². The first-order valence-corrected chi connectivity index (χ1v) is 9.21. The minimum atomic E-state index is -0.0168. The summed E-state index contributed by atoms with van der Waals surface area (Å²) in [4.78, 5) is 5.05. The first kappa shape index (κ1) is 16.0. The first-order chi connectivity index (χ1) is 10.5. The Morgan fingerprint density at radius 3 is 1.95 bits per heavy atom. The second-order valence-corrected chi connectivity index (χ2v) is 7.92. The maximum atomic E-state index is 5.92. The van der Waals surface area contributed by atoms with Gasteiger partial charge in [0.15, 0.2) is 0 Å². The predicted molar refractivity (Wildman–Crippen MR) is 91.5 cm³/mol. The van der Waals surface area contributed by atoms with Crippen LogP contribution in [0.15, 0.2) is 0 Å². The van der Waals surface area contributed by atoms with Crippen molar-refractivity contribution < 1.29 is 4.74 Å². The second kappa shape index (κ2) is 6.70. The summed E-state index contributed by atoms with van der Waals surface area (Å²) in [5.41, 5.74) is 7.73. The molecule has 0 radical (unpaired) electrons. The average molecular weight is 301 g/mol. The Bertz CT molecular complexity index is 493. The molecule has 22 heavy (non-hydrogen) atoms. The van der Waals surface area contributed by atoms with Crippen molar-refractivity contribution in [3.63, 3.8) is 0 Å². The molecule has 0 atom stereocenters. The summed E-state index contributed by atoms with van der Waals surface area (Å²) in [6, 6.07) is 0. The zero-order valence-corrected chi connectivity index (χ0v) is 14.6. The lowest BCUT2D eigenvalue weighted by Crippen LogP contribution is -2.21. The standard InChI is InChI=1S/C20H31NO/c1-20(2,3)22-14-8-11-15-16-9-4-6-12-18(16)21-19-13-7-5-10-17(15)19/h4-14H2,1-3H3. The summed E-state index contributed by atoms with van der Waals surface area (Å²) in [6.07, 6.45) is 12.6. The summed E-state index contributed by atoms with van der Waals surface area (Å²) >= 11 is 0. The van der Waals surface area contributed by atoms with Gasteiger partial charge in [-0.25, -0.2) is 0 Å². The van der Waals surface area contributed by atoms with Crippen LogP contribution >= 0.6 is 0 Å². The molecule has 0 aromatic carbocycles. The summed E-state index contributed by atoms with van der Waals surface area (Å²) in [5, 5.41) is 0. The predicted octanol–water partition coefficient (Wildman–Crippen LogP) is 4.59. The van der Waals surface area contributed by atoms with Crippen LogP contribution < -0.4 is 0 Å². The Morgan fingerprint density at radius 2 is 1.41 bits per heavy atom. The Balaban J connectivity index is 1.79. The minimum absolute atomic E-state index is 0.0168. The van der Waals surface area contributed by atoms with E-state index < -0.39 is 0 Å². The van der Waals surface area contributed by atoms with Gasteiger partial charge in [0.25, 0.3) is 0 Å². The highest BCUT2D eigenvalue weighted by Gasteiger charge is 2.23. The van der Waals surface area contributed by atoms with Crippen LogP contribution in [0.5, 0.6) is 0 Å².